The predicted molar refractivity (Wildman–Crippen MR) is 84.8 cm³/mol. The van der Waals surface area contributed by atoms with Crippen molar-refractivity contribution in [3.05, 3.63) is 29.3 Å². The Morgan fingerprint density at radius 1 is 1.33 bits per heavy atom. The Bertz CT molecular complexity index is 570. The van der Waals surface area contributed by atoms with Crippen molar-refractivity contribution >= 4 is 39.8 Å². The number of rotatable bonds is 5. The van der Waals surface area contributed by atoms with Gasteiger partial charge in [-0.2, -0.15) is 0 Å². The van der Waals surface area contributed by atoms with E-state index in [1.165, 1.54) is 24.3 Å². The number of sulfone groups is 1. The normalized spacial score (nSPS) is 18.0. The number of carbonyl (C=O) groups is 1. The van der Waals surface area contributed by atoms with E-state index in [9.17, 15) is 13.2 Å². The van der Waals surface area contributed by atoms with E-state index in [4.69, 9.17) is 11.6 Å². The molecule has 0 spiro atoms. The van der Waals surface area contributed by atoms with Gasteiger partial charge in [0.2, 0.25) is 5.91 Å². The molecule has 21 heavy (non-hydrogen) atoms. The second-order valence-electron chi connectivity index (χ2n) is 4.71. The first kappa shape index (κ1) is 18.2. The number of nitrogens with one attached hydrogen (secondary N) is 2. The topological polar surface area (TPSA) is 75.3 Å². The molecule has 0 aliphatic carbocycles. The summed E-state index contributed by atoms with van der Waals surface area (Å²) in [6, 6.07) is 5.83. The van der Waals surface area contributed by atoms with Crippen molar-refractivity contribution in [2.45, 2.75) is 23.8 Å². The lowest BCUT2D eigenvalue weighted by atomic mass is 10.2. The van der Waals surface area contributed by atoms with E-state index in [-0.39, 0.29) is 41.5 Å². The molecule has 1 atom stereocenters. The van der Waals surface area contributed by atoms with Crippen LogP contribution in [0, 0.1) is 0 Å². The third-order valence-electron chi connectivity index (χ3n) is 3.22. The molecule has 0 radical (unpaired) electrons. The molecule has 1 fully saturated rings. The Kier molecular flexibility index (Phi) is 6.93. The third kappa shape index (κ3) is 5.14. The zero-order valence-corrected chi connectivity index (χ0v) is 13.7. The van der Waals surface area contributed by atoms with Gasteiger partial charge < -0.3 is 10.6 Å². The minimum Gasteiger partial charge on any atom is -0.354 e. The monoisotopic (exact) mass is 352 g/mol. The highest BCUT2D eigenvalue weighted by molar-refractivity contribution is 7.91. The first-order chi connectivity index (χ1) is 9.49. The Labute approximate surface area is 135 Å². The molecule has 1 aromatic carbocycles. The standard InChI is InChI=1S/C13H17ClN2O3S.ClH/c14-10-3-5-11(6-4-10)20(18,19)9-8-16-13(17)12-2-1-7-15-12;/h3-6,12,15H,1-2,7-9H2,(H,16,17);1H. The van der Waals surface area contributed by atoms with Gasteiger partial charge in [0.15, 0.2) is 9.84 Å². The highest BCUT2D eigenvalue weighted by atomic mass is 35.5. The first-order valence-electron chi connectivity index (χ1n) is 6.48. The zero-order chi connectivity index (χ0) is 14.6. The molecule has 1 aliphatic heterocycles. The van der Waals surface area contributed by atoms with Gasteiger partial charge in [-0.15, -0.1) is 12.4 Å². The van der Waals surface area contributed by atoms with Crippen molar-refractivity contribution in [2.24, 2.45) is 0 Å². The number of halogens is 2. The lowest BCUT2D eigenvalue weighted by molar-refractivity contribution is -0.122. The summed E-state index contributed by atoms with van der Waals surface area (Å²) in [5.74, 6) is -0.249. The Balaban J connectivity index is 0.00000220. The lowest BCUT2D eigenvalue weighted by Crippen LogP contribution is -2.42. The van der Waals surface area contributed by atoms with Gasteiger partial charge in [0.25, 0.3) is 0 Å². The van der Waals surface area contributed by atoms with Crippen LogP contribution in [0.1, 0.15) is 12.8 Å². The van der Waals surface area contributed by atoms with Gasteiger partial charge in [-0.1, -0.05) is 11.6 Å². The molecule has 0 aromatic heterocycles. The molecule has 2 rings (SSSR count). The summed E-state index contributed by atoms with van der Waals surface area (Å²) in [5, 5.41) is 6.21. The number of amides is 1. The molecule has 1 amide bonds. The van der Waals surface area contributed by atoms with Crippen LogP contribution in [0.4, 0.5) is 0 Å². The lowest BCUT2D eigenvalue weighted by Gasteiger charge is -2.11. The fraction of sp³-hybridized carbons (Fsp3) is 0.462. The minimum absolute atomic E-state index is 0. The maximum atomic E-state index is 12.0. The van der Waals surface area contributed by atoms with Gasteiger partial charge in [0, 0.05) is 11.6 Å². The van der Waals surface area contributed by atoms with E-state index in [0.29, 0.717) is 5.02 Å². The van der Waals surface area contributed by atoms with E-state index < -0.39 is 9.84 Å². The Morgan fingerprint density at radius 3 is 2.57 bits per heavy atom. The average molecular weight is 353 g/mol. The highest BCUT2D eigenvalue weighted by Crippen LogP contribution is 2.15. The SMILES string of the molecule is Cl.O=C(NCCS(=O)(=O)c1ccc(Cl)cc1)C1CCCN1. The van der Waals surface area contributed by atoms with Gasteiger partial charge in [0.05, 0.1) is 16.7 Å². The predicted octanol–water partition coefficient (Wildman–Crippen LogP) is 1.40. The van der Waals surface area contributed by atoms with Gasteiger partial charge in [-0.3, -0.25) is 4.79 Å². The molecule has 1 aromatic rings. The molecule has 1 unspecified atom stereocenters. The summed E-state index contributed by atoms with van der Waals surface area (Å²) in [7, 11) is -3.39. The molecule has 0 bridgehead atoms. The molecule has 2 N–H and O–H groups in total. The molecule has 118 valence electrons. The van der Waals surface area contributed by atoms with Gasteiger partial charge in [-0.25, -0.2) is 8.42 Å². The quantitative estimate of drug-likeness (QED) is 0.839. The molecular formula is C13H18Cl2N2O3S. The summed E-state index contributed by atoms with van der Waals surface area (Å²) in [4.78, 5) is 11.9. The van der Waals surface area contributed by atoms with Crippen LogP contribution < -0.4 is 10.6 Å². The Morgan fingerprint density at radius 2 is 2.00 bits per heavy atom. The van der Waals surface area contributed by atoms with Crippen LogP contribution in [-0.4, -0.2) is 39.2 Å². The summed E-state index contributed by atoms with van der Waals surface area (Å²) < 4.78 is 24.1. The van der Waals surface area contributed by atoms with Crippen LogP contribution in [0.25, 0.3) is 0 Å². The van der Waals surface area contributed by atoms with Crippen molar-refractivity contribution in [2.75, 3.05) is 18.8 Å². The fourth-order valence-electron chi connectivity index (χ4n) is 2.10. The molecular weight excluding hydrogens is 335 g/mol. The summed E-state index contributed by atoms with van der Waals surface area (Å²) in [5.41, 5.74) is 0. The molecule has 5 nitrogen and oxygen atoms in total. The minimum atomic E-state index is -3.39. The summed E-state index contributed by atoms with van der Waals surface area (Å²) in [6.45, 7) is 0.948. The van der Waals surface area contributed by atoms with Crippen LogP contribution in [0.3, 0.4) is 0 Å². The van der Waals surface area contributed by atoms with Crippen LogP contribution in [0.15, 0.2) is 29.2 Å². The van der Waals surface area contributed by atoms with Crippen molar-refractivity contribution in [1.29, 1.82) is 0 Å². The molecule has 1 saturated heterocycles. The third-order valence-corrected chi connectivity index (χ3v) is 5.20. The van der Waals surface area contributed by atoms with E-state index in [0.717, 1.165) is 19.4 Å². The first-order valence-corrected chi connectivity index (χ1v) is 8.51. The number of carbonyl (C=O) groups excluding carboxylic acids is 1. The fourth-order valence-corrected chi connectivity index (χ4v) is 3.38. The van der Waals surface area contributed by atoms with Crippen LogP contribution in [0.5, 0.6) is 0 Å². The summed E-state index contributed by atoms with van der Waals surface area (Å²) in [6.07, 6.45) is 1.77. The maximum Gasteiger partial charge on any atom is 0.237 e. The van der Waals surface area contributed by atoms with Crippen molar-refractivity contribution in [3.63, 3.8) is 0 Å². The van der Waals surface area contributed by atoms with Gasteiger partial charge in [-0.05, 0) is 43.7 Å². The number of hydrogen-bond acceptors (Lipinski definition) is 4. The smallest absolute Gasteiger partial charge is 0.237 e. The van der Waals surface area contributed by atoms with E-state index >= 15 is 0 Å². The second kappa shape index (κ2) is 7.98. The summed E-state index contributed by atoms with van der Waals surface area (Å²) >= 11 is 5.72. The van der Waals surface area contributed by atoms with Gasteiger partial charge >= 0.3 is 0 Å². The van der Waals surface area contributed by atoms with Crippen LogP contribution in [-0.2, 0) is 14.6 Å². The van der Waals surface area contributed by atoms with Crippen molar-refractivity contribution < 1.29 is 13.2 Å². The van der Waals surface area contributed by atoms with E-state index in [1.54, 1.807) is 0 Å². The number of hydrogen-bond donors (Lipinski definition) is 2. The zero-order valence-electron chi connectivity index (χ0n) is 11.3. The Hall–Kier alpha value is -0.820. The second-order valence-corrected chi connectivity index (χ2v) is 7.26. The van der Waals surface area contributed by atoms with Gasteiger partial charge in [0.1, 0.15) is 0 Å². The maximum absolute atomic E-state index is 12.0. The molecule has 1 aliphatic rings. The molecule has 8 heteroatoms. The van der Waals surface area contributed by atoms with Crippen molar-refractivity contribution in [1.82, 2.24) is 10.6 Å². The highest BCUT2D eigenvalue weighted by Gasteiger charge is 2.22. The van der Waals surface area contributed by atoms with Crippen LogP contribution in [0.2, 0.25) is 5.02 Å². The average Bonchev–Trinajstić information content (AvgIpc) is 2.93. The largest absolute Gasteiger partial charge is 0.354 e. The van der Waals surface area contributed by atoms with Crippen LogP contribution >= 0.6 is 24.0 Å². The van der Waals surface area contributed by atoms with E-state index in [1.807, 2.05) is 0 Å². The van der Waals surface area contributed by atoms with E-state index in [2.05, 4.69) is 10.6 Å². The van der Waals surface area contributed by atoms with Crippen molar-refractivity contribution in [3.8, 4) is 0 Å². The molecule has 1 heterocycles. The number of benzene rings is 1. The molecule has 0 saturated carbocycles.